The van der Waals surface area contributed by atoms with Gasteiger partial charge in [0.2, 0.25) is 0 Å². The number of carbonyl (C=O) groups excluding carboxylic acids is 2. The Balaban J connectivity index is 1.93. The van der Waals surface area contributed by atoms with E-state index in [1.54, 1.807) is 18.2 Å². The molecule has 1 aromatic carbocycles. The Morgan fingerprint density at radius 3 is 2.52 bits per heavy atom. The largest absolute Gasteiger partial charge is 0.352 e. The lowest BCUT2D eigenvalue weighted by Crippen LogP contribution is -2.28. The fourth-order valence-electron chi connectivity index (χ4n) is 2.16. The number of benzene rings is 1. The molecule has 1 heterocycles. The number of amides is 2. The summed E-state index contributed by atoms with van der Waals surface area (Å²) in [5, 5.41) is 6.67. The topological polar surface area (TPSA) is 71.1 Å². The average molecular weight is 380 g/mol. The van der Waals surface area contributed by atoms with Crippen LogP contribution in [0.4, 0.5) is 0 Å². The fraction of sp³-hybridized carbons (Fsp3) is 0.278. The third kappa shape index (κ3) is 5.73. The van der Waals surface area contributed by atoms with E-state index in [4.69, 9.17) is 23.2 Å². The van der Waals surface area contributed by atoms with Gasteiger partial charge in [-0.25, -0.2) is 0 Å². The summed E-state index contributed by atoms with van der Waals surface area (Å²) in [7, 11) is 0. The zero-order chi connectivity index (χ0) is 18.2. The number of nitrogens with zero attached hydrogens (tertiary/aromatic N) is 1. The first kappa shape index (κ1) is 19.2. The van der Waals surface area contributed by atoms with E-state index in [9.17, 15) is 9.59 Å². The number of halogens is 2. The van der Waals surface area contributed by atoms with Gasteiger partial charge in [0.25, 0.3) is 11.8 Å². The lowest BCUT2D eigenvalue weighted by molar-refractivity contribution is 0.0949. The van der Waals surface area contributed by atoms with Crippen LogP contribution >= 0.6 is 23.2 Å². The number of rotatable bonds is 7. The summed E-state index contributed by atoms with van der Waals surface area (Å²) < 4.78 is 0. The van der Waals surface area contributed by atoms with Crippen LogP contribution in [0.5, 0.6) is 0 Å². The van der Waals surface area contributed by atoms with Crippen molar-refractivity contribution in [3.05, 3.63) is 63.4 Å². The molecule has 2 rings (SSSR count). The minimum Gasteiger partial charge on any atom is -0.352 e. The van der Waals surface area contributed by atoms with E-state index < -0.39 is 0 Å². The zero-order valence-electron chi connectivity index (χ0n) is 13.8. The van der Waals surface area contributed by atoms with Gasteiger partial charge in [-0.3, -0.25) is 14.6 Å². The van der Waals surface area contributed by atoms with Crippen LogP contribution in [0.1, 0.15) is 39.8 Å². The molecule has 0 spiro atoms. The highest BCUT2D eigenvalue weighted by molar-refractivity contribution is 6.35. The molecule has 0 saturated carbocycles. The van der Waals surface area contributed by atoms with Crippen LogP contribution < -0.4 is 10.6 Å². The van der Waals surface area contributed by atoms with Crippen LogP contribution in [0.25, 0.3) is 0 Å². The predicted octanol–water partition coefficient (Wildman–Crippen LogP) is 3.50. The van der Waals surface area contributed by atoms with Crippen LogP contribution in [0, 0.1) is 0 Å². The minimum atomic E-state index is -0.338. The highest BCUT2D eigenvalue weighted by Gasteiger charge is 2.11. The number of hydrogen-bond acceptors (Lipinski definition) is 3. The van der Waals surface area contributed by atoms with Crippen molar-refractivity contribution in [2.24, 2.45) is 0 Å². The standard InChI is InChI=1S/C18H19Cl2N3O2/c1-2-7-22-17(24)13-6-8-21-16(10-13)18(25)23-9-5-12-3-4-14(19)11-15(12)20/h3-4,6,8,10-11H,2,5,7,9H2,1H3,(H,22,24)(H,23,25). The first-order chi connectivity index (χ1) is 12.0. The van der Waals surface area contributed by atoms with Gasteiger partial charge in [-0.2, -0.15) is 0 Å². The van der Waals surface area contributed by atoms with E-state index in [2.05, 4.69) is 15.6 Å². The second kappa shape index (κ2) is 9.39. The zero-order valence-corrected chi connectivity index (χ0v) is 15.3. The lowest BCUT2D eigenvalue weighted by Gasteiger charge is -2.08. The van der Waals surface area contributed by atoms with Crippen molar-refractivity contribution < 1.29 is 9.59 Å². The molecule has 7 heteroatoms. The summed E-state index contributed by atoms with van der Waals surface area (Å²) >= 11 is 12.0. The van der Waals surface area contributed by atoms with Crippen molar-refractivity contribution in [1.29, 1.82) is 0 Å². The van der Waals surface area contributed by atoms with Crippen LogP contribution in [0.15, 0.2) is 36.5 Å². The molecule has 1 aromatic heterocycles. The smallest absolute Gasteiger partial charge is 0.269 e. The summed E-state index contributed by atoms with van der Waals surface area (Å²) in [6, 6.07) is 8.31. The van der Waals surface area contributed by atoms with Gasteiger partial charge < -0.3 is 10.6 Å². The van der Waals surface area contributed by atoms with Crippen molar-refractivity contribution in [3.8, 4) is 0 Å². The van der Waals surface area contributed by atoms with Gasteiger partial charge in [-0.05, 0) is 42.7 Å². The molecule has 0 atom stereocenters. The molecule has 0 bridgehead atoms. The highest BCUT2D eigenvalue weighted by atomic mass is 35.5. The summed E-state index contributed by atoms with van der Waals surface area (Å²) in [5.74, 6) is -0.554. The number of hydrogen-bond donors (Lipinski definition) is 2. The molecule has 2 aromatic rings. The molecule has 132 valence electrons. The fourth-order valence-corrected chi connectivity index (χ4v) is 2.67. The number of aromatic nitrogens is 1. The molecule has 0 radical (unpaired) electrons. The van der Waals surface area contributed by atoms with E-state index in [-0.39, 0.29) is 17.5 Å². The van der Waals surface area contributed by atoms with E-state index in [0.29, 0.717) is 35.1 Å². The van der Waals surface area contributed by atoms with Gasteiger partial charge in [-0.1, -0.05) is 36.2 Å². The van der Waals surface area contributed by atoms with Gasteiger partial charge >= 0.3 is 0 Å². The Labute approximate surface area is 156 Å². The molecule has 0 aliphatic heterocycles. The van der Waals surface area contributed by atoms with Crippen LogP contribution in [-0.2, 0) is 6.42 Å². The maximum absolute atomic E-state index is 12.2. The number of nitrogens with one attached hydrogen (secondary N) is 2. The normalized spacial score (nSPS) is 10.4. The van der Waals surface area contributed by atoms with E-state index >= 15 is 0 Å². The molecule has 0 aliphatic carbocycles. The number of carbonyl (C=O) groups is 2. The summed E-state index contributed by atoms with van der Waals surface area (Å²) in [6.45, 7) is 2.96. The van der Waals surface area contributed by atoms with Crippen molar-refractivity contribution >= 4 is 35.0 Å². The summed E-state index contributed by atoms with van der Waals surface area (Å²) in [5.41, 5.74) is 1.51. The first-order valence-corrected chi connectivity index (χ1v) is 8.73. The molecular formula is C18H19Cl2N3O2. The molecule has 0 saturated heterocycles. The average Bonchev–Trinajstić information content (AvgIpc) is 2.61. The lowest BCUT2D eigenvalue weighted by atomic mass is 10.1. The molecule has 5 nitrogen and oxygen atoms in total. The molecule has 0 unspecified atom stereocenters. The predicted molar refractivity (Wildman–Crippen MR) is 99.4 cm³/mol. The SMILES string of the molecule is CCCNC(=O)c1ccnc(C(=O)NCCc2ccc(Cl)cc2Cl)c1. The van der Waals surface area contributed by atoms with E-state index in [1.807, 2.05) is 13.0 Å². The summed E-state index contributed by atoms with van der Waals surface area (Å²) in [4.78, 5) is 28.2. The molecule has 2 N–H and O–H groups in total. The van der Waals surface area contributed by atoms with Gasteiger partial charge in [0.05, 0.1) is 0 Å². The molecule has 0 fully saturated rings. The monoisotopic (exact) mass is 379 g/mol. The Kier molecular flexibility index (Phi) is 7.22. The summed E-state index contributed by atoms with van der Waals surface area (Å²) in [6.07, 6.45) is 2.86. The van der Waals surface area contributed by atoms with Crippen LogP contribution in [0.2, 0.25) is 10.0 Å². The van der Waals surface area contributed by atoms with Crippen molar-refractivity contribution in [2.75, 3.05) is 13.1 Å². The minimum absolute atomic E-state index is 0.200. The third-order valence-electron chi connectivity index (χ3n) is 3.49. The van der Waals surface area contributed by atoms with Crippen molar-refractivity contribution in [3.63, 3.8) is 0 Å². The maximum atomic E-state index is 12.2. The Morgan fingerprint density at radius 2 is 1.80 bits per heavy atom. The Bertz CT molecular complexity index is 766. The Hall–Kier alpha value is -2.11. The van der Waals surface area contributed by atoms with Crippen molar-refractivity contribution in [1.82, 2.24) is 15.6 Å². The van der Waals surface area contributed by atoms with E-state index in [1.165, 1.54) is 12.3 Å². The third-order valence-corrected chi connectivity index (χ3v) is 4.07. The number of pyridine rings is 1. The van der Waals surface area contributed by atoms with E-state index in [0.717, 1.165) is 12.0 Å². The van der Waals surface area contributed by atoms with Gasteiger partial charge in [0.15, 0.2) is 0 Å². The van der Waals surface area contributed by atoms with Gasteiger partial charge in [-0.15, -0.1) is 0 Å². The van der Waals surface area contributed by atoms with Crippen LogP contribution in [-0.4, -0.2) is 29.9 Å². The first-order valence-electron chi connectivity index (χ1n) is 7.97. The second-order valence-corrected chi connectivity index (χ2v) is 6.27. The molecule has 0 aliphatic rings. The second-order valence-electron chi connectivity index (χ2n) is 5.43. The maximum Gasteiger partial charge on any atom is 0.269 e. The van der Waals surface area contributed by atoms with Crippen molar-refractivity contribution in [2.45, 2.75) is 19.8 Å². The highest BCUT2D eigenvalue weighted by Crippen LogP contribution is 2.21. The molecular weight excluding hydrogens is 361 g/mol. The molecule has 25 heavy (non-hydrogen) atoms. The Morgan fingerprint density at radius 1 is 1.04 bits per heavy atom. The van der Waals surface area contributed by atoms with Gasteiger partial charge in [0.1, 0.15) is 5.69 Å². The quantitative estimate of drug-likeness (QED) is 0.773. The van der Waals surface area contributed by atoms with Crippen LogP contribution in [0.3, 0.4) is 0 Å². The van der Waals surface area contributed by atoms with Gasteiger partial charge in [0, 0.05) is 34.9 Å². The molecule has 2 amide bonds.